The summed E-state index contributed by atoms with van der Waals surface area (Å²) in [5.41, 5.74) is 2.72. The maximum Gasteiger partial charge on any atom is 0.214 e. The van der Waals surface area contributed by atoms with Gasteiger partial charge in [0.15, 0.2) is 0 Å². The number of aryl methyl sites for hydroxylation is 1. The molecule has 0 spiro atoms. The first-order valence-corrected chi connectivity index (χ1v) is 9.70. The van der Waals surface area contributed by atoms with Crippen LogP contribution in [-0.4, -0.2) is 31.6 Å². The van der Waals surface area contributed by atoms with Crippen molar-refractivity contribution in [3.05, 3.63) is 35.4 Å². The fraction of sp³-hybridized carbons (Fsp3) is 0.647. The van der Waals surface area contributed by atoms with Crippen LogP contribution in [0.4, 0.5) is 0 Å². The van der Waals surface area contributed by atoms with Gasteiger partial charge in [-0.05, 0) is 55.6 Å². The van der Waals surface area contributed by atoms with Gasteiger partial charge in [0.05, 0.1) is 5.75 Å². The number of hydrogen-bond acceptors (Lipinski definition) is 2. The van der Waals surface area contributed by atoms with E-state index in [9.17, 15) is 8.42 Å². The molecule has 1 aliphatic heterocycles. The van der Waals surface area contributed by atoms with E-state index in [1.54, 1.807) is 4.31 Å². The van der Waals surface area contributed by atoms with Crippen LogP contribution in [-0.2, 0) is 10.0 Å². The van der Waals surface area contributed by atoms with Crippen molar-refractivity contribution in [1.29, 1.82) is 0 Å². The zero-order chi connectivity index (χ0) is 14.9. The van der Waals surface area contributed by atoms with E-state index in [1.807, 2.05) is 0 Å². The van der Waals surface area contributed by atoms with E-state index in [4.69, 9.17) is 0 Å². The highest BCUT2D eigenvalue weighted by Gasteiger charge is 2.32. The average Bonchev–Trinajstić information content (AvgIpc) is 2.44. The minimum absolute atomic E-state index is 0.377. The Hall–Kier alpha value is -0.870. The Labute approximate surface area is 128 Å². The van der Waals surface area contributed by atoms with Crippen molar-refractivity contribution in [1.82, 2.24) is 4.31 Å². The zero-order valence-corrected chi connectivity index (χ0v) is 13.6. The first-order chi connectivity index (χ1) is 10.1. The molecule has 2 fully saturated rings. The molecule has 1 saturated carbocycles. The third-order valence-electron chi connectivity index (χ3n) is 5.15. The smallest absolute Gasteiger partial charge is 0.212 e. The summed E-state index contributed by atoms with van der Waals surface area (Å²) in [6.07, 6.45) is 5.30. The van der Waals surface area contributed by atoms with Gasteiger partial charge in [-0.2, -0.15) is 0 Å². The fourth-order valence-electron chi connectivity index (χ4n) is 3.55. The third kappa shape index (κ3) is 3.32. The molecule has 0 unspecified atom stereocenters. The molecule has 1 aromatic carbocycles. The number of sulfonamides is 1. The molecule has 4 heteroatoms. The molecule has 1 heterocycles. The van der Waals surface area contributed by atoms with Crippen LogP contribution in [0.3, 0.4) is 0 Å². The maximum absolute atomic E-state index is 12.4. The minimum Gasteiger partial charge on any atom is -0.212 e. The Morgan fingerprint density at radius 2 is 1.76 bits per heavy atom. The Bertz CT molecular complexity index is 585. The summed E-state index contributed by atoms with van der Waals surface area (Å²) in [7, 11) is -3.03. The molecule has 1 saturated heterocycles. The molecule has 2 aliphatic rings. The van der Waals surface area contributed by atoms with Crippen LogP contribution in [0.5, 0.6) is 0 Å². The van der Waals surface area contributed by atoms with E-state index in [1.165, 1.54) is 17.5 Å². The average molecular weight is 307 g/mol. The lowest BCUT2D eigenvalue weighted by atomic mass is 9.87. The first kappa shape index (κ1) is 15.0. The van der Waals surface area contributed by atoms with Crippen molar-refractivity contribution in [2.45, 2.75) is 44.9 Å². The van der Waals surface area contributed by atoms with E-state index in [2.05, 4.69) is 31.2 Å². The van der Waals surface area contributed by atoms with Gasteiger partial charge in [0.25, 0.3) is 0 Å². The molecule has 1 aliphatic carbocycles. The molecular formula is C17H25NO2S. The van der Waals surface area contributed by atoms with Gasteiger partial charge in [-0.1, -0.05) is 30.7 Å². The summed E-state index contributed by atoms with van der Waals surface area (Å²) in [6.45, 7) is 3.52. The van der Waals surface area contributed by atoms with Gasteiger partial charge in [-0.15, -0.1) is 0 Å². The molecule has 1 aromatic rings. The third-order valence-corrected chi connectivity index (χ3v) is 7.19. The summed E-state index contributed by atoms with van der Waals surface area (Å²) in [5.74, 6) is 1.31. The van der Waals surface area contributed by atoms with E-state index >= 15 is 0 Å². The SMILES string of the molecule is Cc1ccccc1C1CCN(S(=O)(=O)CC2CCC2)CC1. The van der Waals surface area contributed by atoms with Crippen LogP contribution < -0.4 is 0 Å². The molecule has 0 amide bonds. The van der Waals surface area contributed by atoms with Crippen LogP contribution in [0.15, 0.2) is 24.3 Å². The summed E-state index contributed by atoms with van der Waals surface area (Å²) < 4.78 is 26.6. The van der Waals surface area contributed by atoms with Crippen molar-refractivity contribution in [2.24, 2.45) is 5.92 Å². The van der Waals surface area contributed by atoms with Crippen molar-refractivity contribution < 1.29 is 8.42 Å². The second-order valence-electron chi connectivity index (χ2n) is 6.61. The molecule has 0 atom stereocenters. The normalized spacial score (nSPS) is 22.1. The summed E-state index contributed by atoms with van der Waals surface area (Å²) in [6, 6.07) is 8.49. The second kappa shape index (κ2) is 6.09. The molecule has 3 rings (SSSR count). The Balaban J connectivity index is 1.61. The van der Waals surface area contributed by atoms with E-state index in [-0.39, 0.29) is 0 Å². The molecule has 116 valence electrons. The molecule has 21 heavy (non-hydrogen) atoms. The molecule has 3 nitrogen and oxygen atoms in total. The summed E-state index contributed by atoms with van der Waals surface area (Å²) in [4.78, 5) is 0. The van der Waals surface area contributed by atoms with Crippen LogP contribution in [0.1, 0.15) is 49.1 Å². The molecular weight excluding hydrogens is 282 g/mol. The standard InChI is InChI=1S/C17H25NO2S/c1-14-5-2-3-8-17(14)16-9-11-18(12-10-16)21(19,20)13-15-6-4-7-15/h2-3,5,8,15-16H,4,6-7,9-13H2,1H3. The monoisotopic (exact) mass is 307 g/mol. The largest absolute Gasteiger partial charge is 0.214 e. The minimum atomic E-state index is -3.03. The Morgan fingerprint density at radius 3 is 2.33 bits per heavy atom. The van der Waals surface area contributed by atoms with E-state index < -0.39 is 10.0 Å². The molecule has 0 aromatic heterocycles. The zero-order valence-electron chi connectivity index (χ0n) is 12.8. The molecule has 0 radical (unpaired) electrons. The van der Waals surface area contributed by atoms with Gasteiger partial charge < -0.3 is 0 Å². The van der Waals surface area contributed by atoms with E-state index in [0.717, 1.165) is 25.7 Å². The molecule has 0 N–H and O–H groups in total. The van der Waals surface area contributed by atoms with E-state index in [0.29, 0.717) is 30.7 Å². The lowest BCUT2D eigenvalue weighted by molar-refractivity contribution is 0.303. The predicted molar refractivity (Wildman–Crippen MR) is 85.9 cm³/mol. The van der Waals surface area contributed by atoms with Crippen LogP contribution in [0.2, 0.25) is 0 Å². The number of piperidine rings is 1. The number of hydrogen-bond donors (Lipinski definition) is 0. The fourth-order valence-corrected chi connectivity index (χ4v) is 5.46. The van der Waals surface area contributed by atoms with Gasteiger partial charge in [0.1, 0.15) is 0 Å². The van der Waals surface area contributed by atoms with Crippen LogP contribution in [0, 0.1) is 12.8 Å². The van der Waals surface area contributed by atoms with Crippen LogP contribution >= 0.6 is 0 Å². The lowest BCUT2D eigenvalue weighted by Gasteiger charge is -2.34. The highest BCUT2D eigenvalue weighted by atomic mass is 32.2. The number of rotatable bonds is 4. The maximum atomic E-state index is 12.4. The number of benzene rings is 1. The quantitative estimate of drug-likeness (QED) is 0.856. The van der Waals surface area contributed by atoms with Gasteiger partial charge in [-0.25, -0.2) is 12.7 Å². The first-order valence-electron chi connectivity index (χ1n) is 8.09. The Morgan fingerprint density at radius 1 is 1.10 bits per heavy atom. The van der Waals surface area contributed by atoms with Crippen molar-refractivity contribution >= 4 is 10.0 Å². The topological polar surface area (TPSA) is 37.4 Å². The van der Waals surface area contributed by atoms with Gasteiger partial charge in [0, 0.05) is 13.1 Å². The molecule has 0 bridgehead atoms. The van der Waals surface area contributed by atoms with Crippen molar-refractivity contribution in [3.8, 4) is 0 Å². The highest BCUT2D eigenvalue weighted by Crippen LogP contribution is 2.33. The predicted octanol–water partition coefficient (Wildman–Crippen LogP) is 3.30. The summed E-state index contributed by atoms with van der Waals surface area (Å²) >= 11 is 0. The van der Waals surface area contributed by atoms with Gasteiger partial charge in [0.2, 0.25) is 10.0 Å². The van der Waals surface area contributed by atoms with Crippen molar-refractivity contribution in [2.75, 3.05) is 18.8 Å². The second-order valence-corrected chi connectivity index (χ2v) is 8.62. The highest BCUT2D eigenvalue weighted by molar-refractivity contribution is 7.89. The lowest BCUT2D eigenvalue weighted by Crippen LogP contribution is -2.41. The van der Waals surface area contributed by atoms with Crippen LogP contribution in [0.25, 0.3) is 0 Å². The Kier molecular flexibility index (Phi) is 4.36. The summed E-state index contributed by atoms with van der Waals surface area (Å²) in [5, 5.41) is 0. The number of nitrogens with zero attached hydrogens (tertiary/aromatic N) is 1. The van der Waals surface area contributed by atoms with Gasteiger partial charge >= 0.3 is 0 Å². The van der Waals surface area contributed by atoms with Crippen molar-refractivity contribution in [3.63, 3.8) is 0 Å². The van der Waals surface area contributed by atoms with Gasteiger partial charge in [-0.3, -0.25) is 0 Å².